The van der Waals surface area contributed by atoms with Crippen molar-refractivity contribution < 1.29 is 4.74 Å². The molecule has 0 aromatic heterocycles. The van der Waals surface area contributed by atoms with Gasteiger partial charge in [-0.1, -0.05) is 24.3 Å². The van der Waals surface area contributed by atoms with Gasteiger partial charge >= 0.3 is 0 Å². The number of benzene rings is 1. The number of guanidine groups is 1. The van der Waals surface area contributed by atoms with Crippen LogP contribution in [0.15, 0.2) is 29.3 Å². The van der Waals surface area contributed by atoms with Crippen LogP contribution in [0.3, 0.4) is 0 Å². The topological polar surface area (TPSA) is 45.7 Å². The molecular formula is C19H33N3OS. The summed E-state index contributed by atoms with van der Waals surface area (Å²) in [5.74, 6) is 2.12. The molecule has 0 saturated carbocycles. The van der Waals surface area contributed by atoms with E-state index in [-0.39, 0.29) is 6.10 Å². The number of nitrogens with zero attached hydrogens (tertiary/aromatic N) is 1. The number of ether oxygens (including phenoxy) is 1. The standard InChI is InChI=1S/C19H33N3OS/c1-5-20-19(21-11-6-7-12-24-4)22-14-17-9-8-10-18(13-17)15-23-16(2)3/h8-10,13,16H,5-7,11-12,14-15H2,1-4H3,(H2,20,21,22). The minimum absolute atomic E-state index is 0.252. The van der Waals surface area contributed by atoms with E-state index >= 15 is 0 Å². The Labute approximate surface area is 151 Å². The van der Waals surface area contributed by atoms with E-state index in [2.05, 4.69) is 66.9 Å². The highest BCUT2D eigenvalue weighted by molar-refractivity contribution is 7.98. The van der Waals surface area contributed by atoms with Crippen LogP contribution in [0.25, 0.3) is 0 Å². The van der Waals surface area contributed by atoms with Crippen LogP contribution in [0.2, 0.25) is 0 Å². The first-order valence-corrected chi connectivity index (χ1v) is 10.3. The van der Waals surface area contributed by atoms with Gasteiger partial charge in [0.2, 0.25) is 0 Å². The molecule has 0 bridgehead atoms. The molecule has 0 spiro atoms. The van der Waals surface area contributed by atoms with Crippen molar-refractivity contribution in [3.8, 4) is 0 Å². The lowest BCUT2D eigenvalue weighted by Crippen LogP contribution is -2.37. The van der Waals surface area contributed by atoms with Gasteiger partial charge in [-0.05, 0) is 56.7 Å². The zero-order chi connectivity index (χ0) is 17.6. The number of hydrogen-bond donors (Lipinski definition) is 2. The van der Waals surface area contributed by atoms with E-state index in [1.54, 1.807) is 0 Å². The summed E-state index contributed by atoms with van der Waals surface area (Å²) < 4.78 is 5.67. The van der Waals surface area contributed by atoms with E-state index in [4.69, 9.17) is 4.74 Å². The summed E-state index contributed by atoms with van der Waals surface area (Å²) in [5.41, 5.74) is 2.41. The highest BCUT2D eigenvalue weighted by Crippen LogP contribution is 2.09. The number of nitrogens with one attached hydrogen (secondary N) is 2. The van der Waals surface area contributed by atoms with Crippen molar-refractivity contribution in [2.24, 2.45) is 4.99 Å². The summed E-state index contributed by atoms with van der Waals surface area (Å²) in [7, 11) is 0. The van der Waals surface area contributed by atoms with Gasteiger partial charge < -0.3 is 15.4 Å². The lowest BCUT2D eigenvalue weighted by Gasteiger charge is -2.12. The van der Waals surface area contributed by atoms with E-state index in [0.717, 1.165) is 19.0 Å². The van der Waals surface area contributed by atoms with E-state index in [9.17, 15) is 0 Å². The van der Waals surface area contributed by atoms with Crippen LogP contribution in [0.5, 0.6) is 0 Å². The molecule has 0 amide bonds. The lowest BCUT2D eigenvalue weighted by molar-refractivity contribution is 0.0657. The van der Waals surface area contributed by atoms with E-state index in [1.807, 2.05) is 11.8 Å². The largest absolute Gasteiger partial charge is 0.374 e. The first kappa shape index (κ1) is 20.8. The van der Waals surface area contributed by atoms with Crippen molar-refractivity contribution in [2.45, 2.75) is 52.9 Å². The predicted molar refractivity (Wildman–Crippen MR) is 107 cm³/mol. The maximum Gasteiger partial charge on any atom is 0.191 e. The molecule has 2 N–H and O–H groups in total. The fourth-order valence-corrected chi connectivity index (χ4v) is 2.66. The summed E-state index contributed by atoms with van der Waals surface area (Å²) in [6, 6.07) is 8.47. The van der Waals surface area contributed by atoms with E-state index in [1.165, 1.54) is 29.7 Å². The summed E-state index contributed by atoms with van der Waals surface area (Å²) in [6.45, 7) is 9.38. The van der Waals surface area contributed by atoms with Crippen molar-refractivity contribution in [3.63, 3.8) is 0 Å². The van der Waals surface area contributed by atoms with E-state index in [0.29, 0.717) is 13.2 Å². The van der Waals surface area contributed by atoms with E-state index < -0.39 is 0 Å². The Kier molecular flexibility index (Phi) is 11.4. The molecule has 1 aromatic rings. The monoisotopic (exact) mass is 351 g/mol. The molecule has 0 aliphatic carbocycles. The summed E-state index contributed by atoms with van der Waals surface area (Å²) in [6.07, 6.45) is 4.82. The Balaban J connectivity index is 2.50. The second kappa shape index (κ2) is 13.1. The quantitative estimate of drug-likeness (QED) is 0.361. The van der Waals surface area contributed by atoms with Crippen molar-refractivity contribution in [2.75, 3.05) is 25.1 Å². The third-order valence-corrected chi connectivity index (χ3v) is 4.10. The highest BCUT2D eigenvalue weighted by atomic mass is 32.2. The van der Waals surface area contributed by atoms with Crippen LogP contribution in [0.4, 0.5) is 0 Å². The predicted octanol–water partition coefficient (Wildman–Crippen LogP) is 3.81. The number of thioether (sulfide) groups is 1. The molecule has 136 valence electrons. The first-order chi connectivity index (χ1) is 11.7. The maximum absolute atomic E-state index is 5.67. The van der Waals surface area contributed by atoms with Gasteiger partial charge in [-0.25, -0.2) is 4.99 Å². The summed E-state index contributed by atoms with van der Waals surface area (Å²) in [4.78, 5) is 4.69. The smallest absolute Gasteiger partial charge is 0.191 e. The Morgan fingerprint density at radius 2 is 2.00 bits per heavy atom. The van der Waals surface area contributed by atoms with Gasteiger partial charge in [0.15, 0.2) is 5.96 Å². The van der Waals surface area contributed by atoms with Crippen LogP contribution in [-0.2, 0) is 17.9 Å². The van der Waals surface area contributed by atoms with Crippen molar-refractivity contribution in [1.29, 1.82) is 0 Å². The van der Waals surface area contributed by atoms with Crippen LogP contribution in [0.1, 0.15) is 44.7 Å². The molecule has 1 aromatic carbocycles. The molecule has 0 saturated heterocycles. The SMILES string of the molecule is CCNC(=NCc1cccc(COC(C)C)c1)NCCCCSC. The molecule has 0 fully saturated rings. The van der Waals surface area contributed by atoms with Crippen LogP contribution in [0, 0.1) is 0 Å². The van der Waals surface area contributed by atoms with Gasteiger partial charge in [0.05, 0.1) is 19.3 Å². The minimum Gasteiger partial charge on any atom is -0.374 e. The van der Waals surface area contributed by atoms with Crippen molar-refractivity contribution in [1.82, 2.24) is 10.6 Å². The van der Waals surface area contributed by atoms with Crippen LogP contribution in [-0.4, -0.2) is 37.2 Å². The number of hydrogen-bond acceptors (Lipinski definition) is 3. The second-order valence-electron chi connectivity index (χ2n) is 6.00. The Morgan fingerprint density at radius 1 is 1.21 bits per heavy atom. The first-order valence-electron chi connectivity index (χ1n) is 8.86. The number of rotatable bonds is 11. The molecule has 0 unspecified atom stereocenters. The van der Waals surface area contributed by atoms with Crippen LogP contribution < -0.4 is 10.6 Å². The fraction of sp³-hybridized carbons (Fsp3) is 0.632. The van der Waals surface area contributed by atoms with Gasteiger partial charge in [0.25, 0.3) is 0 Å². The lowest BCUT2D eigenvalue weighted by atomic mass is 10.1. The molecule has 24 heavy (non-hydrogen) atoms. The Hall–Kier alpha value is -1.20. The third kappa shape index (κ3) is 9.83. The zero-order valence-electron chi connectivity index (χ0n) is 15.6. The van der Waals surface area contributed by atoms with Crippen molar-refractivity contribution >= 4 is 17.7 Å². The maximum atomic E-state index is 5.67. The second-order valence-corrected chi connectivity index (χ2v) is 6.99. The summed E-state index contributed by atoms with van der Waals surface area (Å²) >= 11 is 1.90. The molecule has 0 aliphatic rings. The van der Waals surface area contributed by atoms with Gasteiger partial charge in [-0.2, -0.15) is 11.8 Å². The van der Waals surface area contributed by atoms with Gasteiger partial charge in [0, 0.05) is 13.1 Å². The fourth-order valence-electron chi connectivity index (χ4n) is 2.17. The number of unbranched alkanes of at least 4 members (excludes halogenated alkanes) is 1. The van der Waals surface area contributed by atoms with Gasteiger partial charge in [-0.15, -0.1) is 0 Å². The molecule has 1 rings (SSSR count). The molecule has 0 aliphatic heterocycles. The molecule has 4 nitrogen and oxygen atoms in total. The third-order valence-electron chi connectivity index (χ3n) is 3.41. The average molecular weight is 352 g/mol. The number of aliphatic imine (C=N–C) groups is 1. The Bertz CT molecular complexity index is 477. The zero-order valence-corrected chi connectivity index (χ0v) is 16.4. The molecule has 0 radical (unpaired) electrons. The summed E-state index contributed by atoms with van der Waals surface area (Å²) in [5, 5.41) is 6.72. The van der Waals surface area contributed by atoms with Gasteiger partial charge in [0.1, 0.15) is 0 Å². The molecule has 0 atom stereocenters. The van der Waals surface area contributed by atoms with Gasteiger partial charge in [-0.3, -0.25) is 0 Å². The minimum atomic E-state index is 0.252. The van der Waals surface area contributed by atoms with Crippen LogP contribution >= 0.6 is 11.8 Å². The normalized spacial score (nSPS) is 11.8. The molecule has 0 heterocycles. The highest BCUT2D eigenvalue weighted by Gasteiger charge is 2.00. The molecular weight excluding hydrogens is 318 g/mol. The Morgan fingerprint density at radius 3 is 2.71 bits per heavy atom. The average Bonchev–Trinajstić information content (AvgIpc) is 2.58. The molecule has 5 heteroatoms. The van der Waals surface area contributed by atoms with Crippen molar-refractivity contribution in [3.05, 3.63) is 35.4 Å².